The van der Waals surface area contributed by atoms with Crippen molar-refractivity contribution in [3.8, 4) is 0 Å². The van der Waals surface area contributed by atoms with Gasteiger partial charge in [0.2, 0.25) is 0 Å². The Kier molecular flexibility index (Phi) is 9.34. The Hall–Kier alpha value is -1.87. The standard InChI is InChI=1S/C20H25N5S.HI/c1-2-21-20(24-14-18-9-13-26-16-18)23-10-8-19-22-11-12-25(19)15-17-6-4-3-5-7-17;/h3-7,9,11-13,16H,2,8,10,14-15H2,1H3,(H2,21,23,24);1H. The Morgan fingerprint density at radius 3 is 2.74 bits per heavy atom. The molecule has 3 aromatic rings. The van der Waals surface area contributed by atoms with Gasteiger partial charge in [0.1, 0.15) is 5.82 Å². The Morgan fingerprint density at radius 2 is 2.00 bits per heavy atom. The highest BCUT2D eigenvalue weighted by molar-refractivity contribution is 14.0. The van der Waals surface area contributed by atoms with E-state index in [9.17, 15) is 0 Å². The Morgan fingerprint density at radius 1 is 1.15 bits per heavy atom. The van der Waals surface area contributed by atoms with E-state index in [-0.39, 0.29) is 24.0 Å². The lowest BCUT2D eigenvalue weighted by molar-refractivity contribution is 0.694. The number of benzene rings is 1. The maximum atomic E-state index is 4.64. The number of imidazole rings is 1. The van der Waals surface area contributed by atoms with Crippen LogP contribution in [0.25, 0.3) is 0 Å². The van der Waals surface area contributed by atoms with Gasteiger partial charge < -0.3 is 15.2 Å². The highest BCUT2D eigenvalue weighted by atomic mass is 127. The maximum absolute atomic E-state index is 4.64. The molecule has 144 valence electrons. The molecule has 2 aromatic heterocycles. The number of aromatic nitrogens is 2. The molecule has 0 saturated heterocycles. The number of rotatable bonds is 8. The van der Waals surface area contributed by atoms with Gasteiger partial charge in [-0.05, 0) is 34.9 Å². The summed E-state index contributed by atoms with van der Waals surface area (Å²) in [6, 6.07) is 12.6. The van der Waals surface area contributed by atoms with E-state index in [1.165, 1.54) is 11.1 Å². The van der Waals surface area contributed by atoms with Crippen LogP contribution >= 0.6 is 35.3 Å². The molecule has 5 nitrogen and oxygen atoms in total. The summed E-state index contributed by atoms with van der Waals surface area (Å²) in [6.07, 6.45) is 4.76. The average Bonchev–Trinajstić information content (AvgIpc) is 3.33. The highest BCUT2D eigenvalue weighted by Crippen LogP contribution is 2.07. The van der Waals surface area contributed by atoms with Crippen LogP contribution in [0.5, 0.6) is 0 Å². The molecular formula is C20H26IN5S. The Bertz CT molecular complexity index is 799. The third-order valence-corrected chi connectivity index (χ3v) is 4.71. The molecule has 0 radical (unpaired) electrons. The second-order valence-electron chi connectivity index (χ2n) is 5.96. The van der Waals surface area contributed by atoms with E-state index in [4.69, 9.17) is 0 Å². The molecule has 0 aliphatic carbocycles. The SMILES string of the molecule is CCNC(=NCc1ccsc1)NCCc1nccn1Cc1ccccc1.I. The molecule has 2 N–H and O–H groups in total. The van der Waals surface area contributed by atoms with Crippen molar-refractivity contribution in [1.29, 1.82) is 0 Å². The minimum absolute atomic E-state index is 0. The molecule has 1 aromatic carbocycles. The van der Waals surface area contributed by atoms with Crippen LogP contribution in [0.4, 0.5) is 0 Å². The van der Waals surface area contributed by atoms with Crippen LogP contribution < -0.4 is 10.6 Å². The molecule has 0 fully saturated rings. The van der Waals surface area contributed by atoms with Crippen molar-refractivity contribution in [2.75, 3.05) is 13.1 Å². The van der Waals surface area contributed by atoms with E-state index in [1.807, 2.05) is 18.5 Å². The topological polar surface area (TPSA) is 54.2 Å². The van der Waals surface area contributed by atoms with E-state index in [0.29, 0.717) is 6.54 Å². The number of aliphatic imine (C=N–C) groups is 1. The van der Waals surface area contributed by atoms with Gasteiger partial charge in [-0.3, -0.25) is 0 Å². The van der Waals surface area contributed by atoms with E-state index in [1.54, 1.807) is 11.3 Å². The lowest BCUT2D eigenvalue weighted by Crippen LogP contribution is -2.38. The molecule has 27 heavy (non-hydrogen) atoms. The lowest BCUT2D eigenvalue weighted by Gasteiger charge is -2.12. The summed E-state index contributed by atoms with van der Waals surface area (Å²) in [4.78, 5) is 9.14. The van der Waals surface area contributed by atoms with Gasteiger partial charge in [-0.15, -0.1) is 24.0 Å². The van der Waals surface area contributed by atoms with E-state index in [0.717, 1.165) is 37.8 Å². The van der Waals surface area contributed by atoms with Crippen LogP contribution in [0, 0.1) is 0 Å². The van der Waals surface area contributed by atoms with Crippen molar-refractivity contribution < 1.29 is 0 Å². The normalized spacial score (nSPS) is 11.1. The number of nitrogens with zero attached hydrogens (tertiary/aromatic N) is 3. The lowest BCUT2D eigenvalue weighted by atomic mass is 10.2. The minimum atomic E-state index is 0. The van der Waals surface area contributed by atoms with Gasteiger partial charge in [0.15, 0.2) is 5.96 Å². The summed E-state index contributed by atoms with van der Waals surface area (Å²) < 4.78 is 2.20. The van der Waals surface area contributed by atoms with Gasteiger partial charge in [0, 0.05) is 38.4 Å². The summed E-state index contributed by atoms with van der Waals surface area (Å²) in [6.45, 7) is 5.26. The van der Waals surface area contributed by atoms with Crippen LogP contribution in [0.15, 0.2) is 64.5 Å². The Balaban J connectivity index is 0.00000261. The average molecular weight is 495 g/mol. The molecule has 0 aliphatic heterocycles. The van der Waals surface area contributed by atoms with E-state index < -0.39 is 0 Å². The van der Waals surface area contributed by atoms with Crippen LogP contribution in [0.2, 0.25) is 0 Å². The second-order valence-corrected chi connectivity index (χ2v) is 6.74. The highest BCUT2D eigenvalue weighted by Gasteiger charge is 2.05. The van der Waals surface area contributed by atoms with Gasteiger partial charge in [-0.1, -0.05) is 30.3 Å². The van der Waals surface area contributed by atoms with Gasteiger partial charge >= 0.3 is 0 Å². The number of guanidine groups is 1. The number of halogens is 1. The third kappa shape index (κ3) is 6.99. The van der Waals surface area contributed by atoms with Gasteiger partial charge in [0.25, 0.3) is 0 Å². The van der Waals surface area contributed by atoms with Crippen LogP contribution in [0.3, 0.4) is 0 Å². The zero-order chi connectivity index (χ0) is 18.0. The summed E-state index contributed by atoms with van der Waals surface area (Å²) in [5.41, 5.74) is 2.52. The first-order valence-corrected chi connectivity index (χ1v) is 9.86. The van der Waals surface area contributed by atoms with Crippen molar-refractivity contribution in [3.05, 3.63) is 76.5 Å². The van der Waals surface area contributed by atoms with Crippen molar-refractivity contribution in [2.45, 2.75) is 26.4 Å². The first-order valence-electron chi connectivity index (χ1n) is 8.92. The molecule has 0 bridgehead atoms. The predicted molar refractivity (Wildman–Crippen MR) is 124 cm³/mol. The zero-order valence-electron chi connectivity index (χ0n) is 15.5. The van der Waals surface area contributed by atoms with Crippen molar-refractivity contribution in [1.82, 2.24) is 20.2 Å². The predicted octanol–water partition coefficient (Wildman–Crippen LogP) is 3.91. The largest absolute Gasteiger partial charge is 0.357 e. The quantitative estimate of drug-likeness (QED) is 0.283. The monoisotopic (exact) mass is 495 g/mol. The fraction of sp³-hybridized carbons (Fsp3) is 0.300. The second kappa shape index (κ2) is 11.8. The fourth-order valence-corrected chi connectivity index (χ4v) is 3.34. The summed E-state index contributed by atoms with van der Waals surface area (Å²) in [5.74, 6) is 1.93. The molecule has 2 heterocycles. The molecule has 0 aliphatic rings. The molecule has 3 rings (SSSR count). The third-order valence-electron chi connectivity index (χ3n) is 3.98. The number of nitrogens with one attached hydrogen (secondary N) is 2. The van der Waals surface area contributed by atoms with Crippen molar-refractivity contribution >= 4 is 41.3 Å². The summed E-state index contributed by atoms with van der Waals surface area (Å²) in [7, 11) is 0. The van der Waals surface area contributed by atoms with Crippen LogP contribution in [-0.2, 0) is 19.5 Å². The summed E-state index contributed by atoms with van der Waals surface area (Å²) in [5, 5.41) is 10.9. The smallest absolute Gasteiger partial charge is 0.191 e. The first-order chi connectivity index (χ1) is 12.8. The fourth-order valence-electron chi connectivity index (χ4n) is 2.68. The molecule has 0 atom stereocenters. The van der Waals surface area contributed by atoms with Crippen molar-refractivity contribution in [3.63, 3.8) is 0 Å². The minimum Gasteiger partial charge on any atom is -0.357 e. The molecule has 0 saturated carbocycles. The molecular weight excluding hydrogens is 469 g/mol. The first kappa shape index (κ1) is 21.4. The van der Waals surface area contributed by atoms with Crippen LogP contribution in [-0.4, -0.2) is 28.6 Å². The molecule has 7 heteroatoms. The Labute approximate surface area is 182 Å². The van der Waals surface area contributed by atoms with Crippen molar-refractivity contribution in [2.24, 2.45) is 4.99 Å². The number of hydrogen-bond acceptors (Lipinski definition) is 3. The molecule has 0 unspecified atom stereocenters. The summed E-state index contributed by atoms with van der Waals surface area (Å²) >= 11 is 1.70. The number of thiophene rings is 1. The molecule has 0 spiro atoms. The van der Waals surface area contributed by atoms with Gasteiger partial charge in [0.05, 0.1) is 6.54 Å². The number of hydrogen-bond donors (Lipinski definition) is 2. The zero-order valence-corrected chi connectivity index (χ0v) is 18.6. The van der Waals surface area contributed by atoms with E-state index in [2.05, 4.69) is 73.2 Å². The maximum Gasteiger partial charge on any atom is 0.191 e. The molecule has 0 amide bonds. The van der Waals surface area contributed by atoms with E-state index >= 15 is 0 Å². The van der Waals surface area contributed by atoms with Gasteiger partial charge in [-0.25, -0.2) is 9.98 Å². The van der Waals surface area contributed by atoms with Crippen LogP contribution in [0.1, 0.15) is 23.9 Å². The van der Waals surface area contributed by atoms with Gasteiger partial charge in [-0.2, -0.15) is 11.3 Å².